The van der Waals surface area contributed by atoms with Crippen molar-refractivity contribution < 1.29 is 41.2 Å². The van der Waals surface area contributed by atoms with E-state index in [4.69, 9.17) is 41.2 Å². The van der Waals surface area contributed by atoms with E-state index in [9.17, 15) is 0 Å². The van der Waals surface area contributed by atoms with Crippen LogP contribution in [0.2, 0.25) is 182 Å². The molecule has 0 saturated heterocycles. The third-order valence-electron chi connectivity index (χ3n) is 5.59. The SMILES string of the molecule is C[Si](C)(C)O[Si](C)(C)CC[Si](O[Si](C)(O[Si](C)(C)C)O[Si](C)(C)C)(O[Si](C)(O[Si](C)(C)C)O[Si](C)(C)C)O[Si](C)(O[Si](C)(C)C)O[Si](C)(C)C. The molecule has 22 heteroatoms. The van der Waals surface area contributed by atoms with E-state index in [1.165, 1.54) is 0 Å². The second-order valence-electron chi connectivity index (χ2n) is 21.3. The van der Waals surface area contributed by atoms with Gasteiger partial charge in [-0.05, 0) is 157 Å². The summed E-state index contributed by atoms with van der Waals surface area (Å²) in [4.78, 5) is 0. The Hall–Kier alpha value is 2.20. The van der Waals surface area contributed by atoms with Crippen molar-refractivity contribution in [3.05, 3.63) is 0 Å². The van der Waals surface area contributed by atoms with Gasteiger partial charge in [-0.2, -0.15) is 0 Å². The Bertz CT molecular complexity index is 911. The molecule has 0 N–H and O–H groups in total. The van der Waals surface area contributed by atoms with Crippen LogP contribution in [0.25, 0.3) is 0 Å². The average Bonchev–Trinajstić information content (AvgIpc) is 2.59. The summed E-state index contributed by atoms with van der Waals surface area (Å²) < 4.78 is 71.9. The molecule has 0 heterocycles. The average molecular weight is 916 g/mol. The molecule has 0 aliphatic rings. The predicted octanol–water partition coefficient (Wildman–Crippen LogP) is 10.8. The zero-order valence-electron chi connectivity index (χ0n) is 37.5. The van der Waals surface area contributed by atoms with E-state index in [0.717, 1.165) is 6.04 Å². The molecule has 0 saturated carbocycles. The molecule has 0 rings (SSSR count). The smallest absolute Gasteiger partial charge is 0.456 e. The summed E-state index contributed by atoms with van der Waals surface area (Å²) in [5.74, 6) is 0. The summed E-state index contributed by atoms with van der Waals surface area (Å²) >= 11 is 0. The summed E-state index contributed by atoms with van der Waals surface area (Å²) in [5, 5.41) is 0. The minimum atomic E-state index is -3.95. The van der Waals surface area contributed by atoms with E-state index in [1.54, 1.807) is 0 Å². The van der Waals surface area contributed by atoms with Gasteiger partial charge in [0.15, 0.2) is 66.5 Å². The highest BCUT2D eigenvalue weighted by atomic mass is 28.6. The lowest BCUT2D eigenvalue weighted by atomic mass is 10.9. The fourth-order valence-electron chi connectivity index (χ4n) is 5.92. The molecule has 0 aromatic carbocycles. The molecule has 0 aliphatic carbocycles. The van der Waals surface area contributed by atoms with Gasteiger partial charge < -0.3 is 41.2 Å². The standard InChI is InChI=1S/C28H82O10Si12/c1-39(2,3)29-46(22,23)27-28-50(36-47(24,30-40(4,5)6)31-41(7,8)9,37-48(25,32-42(10,11)12)33-43(13,14)15)38-49(26,34-44(16,17)18)35-45(19,20)21/h27-28H2,1-26H3. The molecule has 0 aliphatic heterocycles. The van der Waals surface area contributed by atoms with Crippen LogP contribution in [0.1, 0.15) is 0 Å². The van der Waals surface area contributed by atoms with Crippen molar-refractivity contribution in [1.29, 1.82) is 0 Å². The van der Waals surface area contributed by atoms with Crippen molar-refractivity contribution in [2.75, 3.05) is 0 Å². The Morgan fingerprint density at radius 1 is 0.220 bits per heavy atom. The molecule has 0 atom stereocenters. The van der Waals surface area contributed by atoms with Gasteiger partial charge in [-0.3, -0.25) is 0 Å². The molecule has 0 spiro atoms. The summed E-state index contributed by atoms with van der Waals surface area (Å²) in [7, 11) is -31.6. The quantitative estimate of drug-likeness (QED) is 0.0923. The molecule has 0 aromatic rings. The van der Waals surface area contributed by atoms with Crippen molar-refractivity contribution in [2.24, 2.45) is 0 Å². The Balaban J connectivity index is 8.20. The molecule has 0 aromatic heterocycles. The van der Waals surface area contributed by atoms with Gasteiger partial charge in [-0.15, -0.1) is 0 Å². The van der Waals surface area contributed by atoms with Crippen molar-refractivity contribution >= 4 is 102 Å². The maximum absolute atomic E-state index is 7.60. The molecule has 0 unspecified atom stereocenters. The highest BCUT2D eigenvalue weighted by Crippen LogP contribution is 2.39. The van der Waals surface area contributed by atoms with Gasteiger partial charge in [0.1, 0.15) is 0 Å². The summed E-state index contributed by atoms with van der Waals surface area (Å²) in [5.41, 5.74) is 0. The molecular formula is C28H82O10Si12. The van der Waals surface area contributed by atoms with Crippen molar-refractivity contribution in [3.63, 3.8) is 0 Å². The third-order valence-corrected chi connectivity index (χ3v) is 44.8. The minimum Gasteiger partial charge on any atom is -0.456 e. The summed E-state index contributed by atoms with van der Waals surface area (Å²) in [6.45, 7) is 56.7. The molecule has 0 amide bonds. The Morgan fingerprint density at radius 3 is 0.560 bits per heavy atom. The lowest BCUT2D eigenvalue weighted by Gasteiger charge is -2.49. The topological polar surface area (TPSA) is 92.3 Å². The summed E-state index contributed by atoms with van der Waals surface area (Å²) in [6, 6.07) is 1.24. The first-order valence-electron chi connectivity index (χ1n) is 18.3. The van der Waals surface area contributed by atoms with Crippen LogP contribution in [-0.2, 0) is 41.2 Å². The fraction of sp³-hybridized carbons (Fsp3) is 1.00. The van der Waals surface area contributed by atoms with Gasteiger partial charge in [0.2, 0.25) is 0 Å². The largest absolute Gasteiger partial charge is 0.478 e. The minimum absolute atomic E-state index is 0.489. The van der Waals surface area contributed by atoms with E-state index in [1.807, 2.05) is 19.6 Å². The number of hydrogen-bond donors (Lipinski definition) is 0. The van der Waals surface area contributed by atoms with Crippen molar-refractivity contribution in [3.8, 4) is 0 Å². The molecule has 0 fully saturated rings. The van der Waals surface area contributed by atoms with E-state index < -0.39 is 102 Å². The summed E-state index contributed by atoms with van der Waals surface area (Å²) in [6.07, 6.45) is 0. The molecule has 10 nitrogen and oxygen atoms in total. The lowest BCUT2D eigenvalue weighted by molar-refractivity contribution is 0.121. The molecular weight excluding hydrogens is 833 g/mol. The van der Waals surface area contributed by atoms with Gasteiger partial charge in [0.25, 0.3) is 0 Å². The van der Waals surface area contributed by atoms with Crippen LogP contribution >= 0.6 is 0 Å². The molecule has 302 valence electrons. The van der Waals surface area contributed by atoms with Crippen LogP contribution in [-0.4, -0.2) is 102 Å². The normalized spacial score (nSPS) is 16.0. The van der Waals surface area contributed by atoms with Crippen LogP contribution in [0, 0.1) is 0 Å². The first-order chi connectivity index (χ1) is 21.3. The van der Waals surface area contributed by atoms with Gasteiger partial charge in [0, 0.05) is 25.7 Å². The first-order valence-corrected chi connectivity index (χ1v) is 53.9. The highest BCUT2D eigenvalue weighted by Gasteiger charge is 2.63. The Kier molecular flexibility index (Phi) is 18.1. The maximum Gasteiger partial charge on any atom is 0.478 e. The van der Waals surface area contributed by atoms with Crippen molar-refractivity contribution in [2.45, 2.75) is 182 Å². The van der Waals surface area contributed by atoms with E-state index in [-0.39, 0.29) is 0 Å². The molecule has 50 heavy (non-hydrogen) atoms. The van der Waals surface area contributed by atoms with Crippen molar-refractivity contribution in [1.82, 2.24) is 0 Å². The van der Waals surface area contributed by atoms with E-state index in [2.05, 4.69) is 151 Å². The lowest BCUT2D eigenvalue weighted by Crippen LogP contribution is -2.71. The monoisotopic (exact) mass is 914 g/mol. The molecule has 0 radical (unpaired) electrons. The second-order valence-corrected chi connectivity index (χ2v) is 70.1. The van der Waals surface area contributed by atoms with Gasteiger partial charge in [-0.25, -0.2) is 0 Å². The Labute approximate surface area is 323 Å². The number of rotatable bonds is 23. The predicted molar refractivity (Wildman–Crippen MR) is 242 cm³/mol. The molecule has 0 bridgehead atoms. The van der Waals surface area contributed by atoms with Crippen LogP contribution < -0.4 is 0 Å². The van der Waals surface area contributed by atoms with Gasteiger partial charge in [0.05, 0.1) is 0 Å². The van der Waals surface area contributed by atoms with E-state index >= 15 is 0 Å². The second kappa shape index (κ2) is 17.4. The van der Waals surface area contributed by atoms with Crippen LogP contribution in [0.5, 0.6) is 0 Å². The third kappa shape index (κ3) is 25.4. The van der Waals surface area contributed by atoms with Crippen LogP contribution in [0.3, 0.4) is 0 Å². The van der Waals surface area contributed by atoms with Gasteiger partial charge in [-0.1, -0.05) is 0 Å². The zero-order valence-corrected chi connectivity index (χ0v) is 49.5. The first kappa shape index (κ1) is 52.2. The van der Waals surface area contributed by atoms with E-state index in [0.29, 0.717) is 6.04 Å². The highest BCUT2D eigenvalue weighted by molar-refractivity contribution is 6.95. The maximum atomic E-state index is 7.60. The fourth-order valence-corrected chi connectivity index (χ4v) is 57.8. The number of hydrogen-bond acceptors (Lipinski definition) is 10. The van der Waals surface area contributed by atoms with Gasteiger partial charge >= 0.3 is 35.2 Å². The van der Waals surface area contributed by atoms with Crippen LogP contribution in [0.15, 0.2) is 0 Å². The van der Waals surface area contributed by atoms with Crippen LogP contribution in [0.4, 0.5) is 0 Å². The zero-order chi connectivity index (χ0) is 40.5. The Morgan fingerprint density at radius 2 is 0.400 bits per heavy atom.